The van der Waals surface area contributed by atoms with Gasteiger partial charge in [-0.25, -0.2) is 0 Å². The van der Waals surface area contributed by atoms with E-state index in [0.29, 0.717) is 39.9 Å². The molecule has 12 nitrogen and oxygen atoms in total. The second-order valence-electron chi connectivity index (χ2n) is 12.5. The Kier molecular flexibility index (Phi) is 9.15. The fourth-order valence-electron chi connectivity index (χ4n) is 7.09. The molecule has 0 aliphatic carbocycles. The molecule has 0 saturated carbocycles. The fourth-order valence-corrected chi connectivity index (χ4v) is 7.09. The Hall–Kier alpha value is -4.54. The number of methoxy groups -OCH3 is 3. The number of esters is 1. The third-order valence-electron chi connectivity index (χ3n) is 9.54. The highest BCUT2D eigenvalue weighted by atomic mass is 16.7. The predicted octanol–water partition coefficient (Wildman–Crippen LogP) is 4.51. The first-order valence-electron chi connectivity index (χ1n) is 15.6. The Balaban J connectivity index is 1.50. The standard InChI is InChI=1S/C36H40N2O10/c1-35(2)47-18-25(32(48-35)21-10-8-7-9-11-21)38(3)36(19-37,23-12-13-26-27(16-23)46-20-45-26)24-17-44-34(40)30(24)31(39)22-14-28(41-4)33(43-6)29(15-22)42-5/h7-16,24-25,30-32,39H,17-18,20H2,1-6H3/t24-,25+,30-,31+,32+,36+/m1/s1. The van der Waals surface area contributed by atoms with Gasteiger partial charge >= 0.3 is 5.97 Å². The van der Waals surface area contributed by atoms with Gasteiger partial charge in [0.05, 0.1) is 58.7 Å². The minimum Gasteiger partial charge on any atom is -0.493 e. The molecular formula is C36H40N2O10. The van der Waals surface area contributed by atoms with Crippen LogP contribution in [0.1, 0.15) is 42.7 Å². The number of carbonyl (C=O) groups is 1. The van der Waals surface area contributed by atoms with E-state index in [1.54, 1.807) is 30.3 Å². The van der Waals surface area contributed by atoms with Crippen LogP contribution in [0.2, 0.25) is 0 Å². The molecule has 0 unspecified atom stereocenters. The smallest absolute Gasteiger partial charge is 0.312 e. The van der Waals surface area contributed by atoms with Gasteiger partial charge in [0.2, 0.25) is 12.5 Å². The van der Waals surface area contributed by atoms with Crippen molar-refractivity contribution in [3.63, 3.8) is 0 Å². The number of hydrogen-bond acceptors (Lipinski definition) is 12. The normalized spacial score (nSPS) is 24.7. The van der Waals surface area contributed by atoms with Crippen LogP contribution in [0.3, 0.4) is 0 Å². The number of benzene rings is 3. The molecule has 3 aromatic carbocycles. The number of hydrogen-bond donors (Lipinski definition) is 1. The van der Waals surface area contributed by atoms with Gasteiger partial charge in [-0.1, -0.05) is 36.4 Å². The van der Waals surface area contributed by atoms with E-state index in [9.17, 15) is 15.2 Å². The Bertz CT molecular complexity index is 1670. The first-order valence-corrected chi connectivity index (χ1v) is 15.6. The maximum atomic E-state index is 13.7. The summed E-state index contributed by atoms with van der Waals surface area (Å²) < 4.78 is 46.3. The van der Waals surface area contributed by atoms with Crippen molar-refractivity contribution >= 4 is 5.97 Å². The largest absolute Gasteiger partial charge is 0.493 e. The van der Waals surface area contributed by atoms with E-state index < -0.39 is 47.4 Å². The number of ether oxygens (including phenoxy) is 8. The van der Waals surface area contributed by atoms with E-state index in [0.717, 1.165) is 5.56 Å². The summed E-state index contributed by atoms with van der Waals surface area (Å²) >= 11 is 0. The van der Waals surface area contributed by atoms with Gasteiger partial charge in [-0.2, -0.15) is 5.26 Å². The van der Waals surface area contributed by atoms with Crippen molar-refractivity contribution in [1.29, 1.82) is 5.26 Å². The zero-order chi connectivity index (χ0) is 34.2. The zero-order valence-corrected chi connectivity index (χ0v) is 27.8. The van der Waals surface area contributed by atoms with Crippen LogP contribution in [-0.4, -0.2) is 76.2 Å². The zero-order valence-electron chi connectivity index (χ0n) is 27.8. The van der Waals surface area contributed by atoms with Crippen LogP contribution in [0.15, 0.2) is 60.7 Å². The minimum atomic E-state index is -1.58. The second-order valence-corrected chi connectivity index (χ2v) is 12.5. The number of likely N-dealkylation sites (N-methyl/N-ethyl adjacent to an activating group) is 1. The molecule has 3 aromatic rings. The summed E-state index contributed by atoms with van der Waals surface area (Å²) in [6, 6.07) is 20.2. The van der Waals surface area contributed by atoms with Crippen molar-refractivity contribution in [1.82, 2.24) is 4.90 Å². The highest BCUT2D eigenvalue weighted by Gasteiger charge is 2.59. The third-order valence-corrected chi connectivity index (χ3v) is 9.54. The van der Waals surface area contributed by atoms with Crippen LogP contribution >= 0.6 is 0 Å². The van der Waals surface area contributed by atoms with Gasteiger partial charge in [-0.15, -0.1) is 0 Å². The van der Waals surface area contributed by atoms with Gasteiger partial charge in [0.1, 0.15) is 11.6 Å². The number of nitriles is 1. The van der Waals surface area contributed by atoms with Crippen LogP contribution in [-0.2, 0) is 24.5 Å². The molecule has 3 aliphatic rings. The lowest BCUT2D eigenvalue weighted by molar-refractivity contribution is -0.301. The molecular weight excluding hydrogens is 620 g/mol. The monoisotopic (exact) mass is 660 g/mol. The third kappa shape index (κ3) is 5.66. The number of carbonyl (C=O) groups excluding carboxylic acids is 1. The van der Waals surface area contributed by atoms with Crippen molar-refractivity contribution in [2.24, 2.45) is 11.8 Å². The molecule has 6 rings (SSSR count). The highest BCUT2D eigenvalue weighted by Crippen LogP contribution is 2.52. The van der Waals surface area contributed by atoms with E-state index in [1.807, 2.05) is 56.1 Å². The Morgan fingerprint density at radius 3 is 2.29 bits per heavy atom. The summed E-state index contributed by atoms with van der Waals surface area (Å²) in [5.41, 5.74) is 0.173. The maximum absolute atomic E-state index is 13.7. The van der Waals surface area contributed by atoms with Gasteiger partial charge in [-0.3, -0.25) is 9.69 Å². The number of fused-ring (bicyclic) bond motifs is 1. The van der Waals surface area contributed by atoms with Gasteiger partial charge in [-0.05, 0) is 61.9 Å². The summed E-state index contributed by atoms with van der Waals surface area (Å²) in [7, 11) is 6.22. The Morgan fingerprint density at radius 1 is 0.958 bits per heavy atom. The topological polar surface area (TPSA) is 138 Å². The molecule has 0 radical (unpaired) electrons. The predicted molar refractivity (Wildman–Crippen MR) is 171 cm³/mol. The second kappa shape index (κ2) is 13.2. The summed E-state index contributed by atoms with van der Waals surface area (Å²) in [6.07, 6.45) is -1.94. The summed E-state index contributed by atoms with van der Waals surface area (Å²) in [6.45, 7) is 3.80. The van der Waals surface area contributed by atoms with Gasteiger partial charge in [0.25, 0.3) is 0 Å². The molecule has 0 spiro atoms. The molecule has 3 heterocycles. The molecule has 1 N–H and O–H groups in total. The number of aliphatic hydroxyl groups excluding tert-OH is 1. The lowest BCUT2D eigenvalue weighted by Crippen LogP contribution is -2.60. The lowest BCUT2D eigenvalue weighted by atomic mass is 9.69. The van der Waals surface area contributed by atoms with Crippen molar-refractivity contribution in [3.05, 3.63) is 77.4 Å². The number of nitrogens with zero attached hydrogens (tertiary/aromatic N) is 2. The van der Waals surface area contributed by atoms with E-state index in [-0.39, 0.29) is 20.0 Å². The number of aliphatic hydroxyl groups is 1. The van der Waals surface area contributed by atoms with Crippen LogP contribution in [0.25, 0.3) is 0 Å². The molecule has 0 bridgehead atoms. The van der Waals surface area contributed by atoms with E-state index in [1.165, 1.54) is 21.3 Å². The summed E-state index contributed by atoms with van der Waals surface area (Å²) in [5.74, 6) is -1.68. The number of rotatable bonds is 10. The van der Waals surface area contributed by atoms with E-state index in [4.69, 9.17) is 37.9 Å². The highest BCUT2D eigenvalue weighted by molar-refractivity contribution is 5.77. The molecule has 0 amide bonds. The van der Waals surface area contributed by atoms with Gasteiger partial charge < -0.3 is 43.0 Å². The minimum absolute atomic E-state index is 0.0388. The fraction of sp³-hybridized carbons (Fsp3) is 0.444. The van der Waals surface area contributed by atoms with Crippen molar-refractivity contribution in [3.8, 4) is 34.8 Å². The average molecular weight is 661 g/mol. The molecule has 48 heavy (non-hydrogen) atoms. The molecule has 2 saturated heterocycles. The molecule has 254 valence electrons. The van der Waals surface area contributed by atoms with Gasteiger partial charge in [0, 0.05) is 5.92 Å². The maximum Gasteiger partial charge on any atom is 0.312 e. The first-order chi connectivity index (χ1) is 23.1. The first kappa shape index (κ1) is 33.4. The quantitative estimate of drug-likeness (QED) is 0.306. The van der Waals surface area contributed by atoms with Crippen LogP contribution in [0.4, 0.5) is 0 Å². The average Bonchev–Trinajstić information content (AvgIpc) is 3.74. The molecule has 12 heteroatoms. The summed E-state index contributed by atoms with van der Waals surface area (Å²) in [4.78, 5) is 15.6. The Labute approximate surface area is 279 Å². The SMILES string of the molecule is COc1cc([C@H](O)[C@@H]2C(=O)OC[C@H]2[C@](C#N)(c2ccc3c(c2)OCO3)N(C)[C@H]2COC(C)(C)O[C@H]2c2ccccc2)cc(OC)c1OC. The lowest BCUT2D eigenvalue weighted by Gasteiger charge is -2.51. The Morgan fingerprint density at radius 2 is 1.65 bits per heavy atom. The van der Waals surface area contributed by atoms with Crippen molar-refractivity contribution in [2.45, 2.75) is 43.4 Å². The number of cyclic esters (lactones) is 1. The van der Waals surface area contributed by atoms with Gasteiger partial charge in [0.15, 0.2) is 28.8 Å². The van der Waals surface area contributed by atoms with E-state index >= 15 is 0 Å². The van der Waals surface area contributed by atoms with Crippen LogP contribution in [0, 0.1) is 23.2 Å². The van der Waals surface area contributed by atoms with Crippen LogP contribution in [0.5, 0.6) is 28.7 Å². The summed E-state index contributed by atoms with van der Waals surface area (Å²) in [5, 5.41) is 23.5. The molecule has 6 atom stereocenters. The van der Waals surface area contributed by atoms with E-state index in [2.05, 4.69) is 6.07 Å². The van der Waals surface area contributed by atoms with Crippen molar-refractivity contribution in [2.75, 3.05) is 48.4 Å². The molecule has 0 aromatic heterocycles. The molecule has 3 aliphatic heterocycles. The van der Waals surface area contributed by atoms with Crippen LogP contribution < -0.4 is 23.7 Å². The molecule has 2 fully saturated rings. The van der Waals surface area contributed by atoms with Crippen molar-refractivity contribution < 1.29 is 47.8 Å².